The molecule has 1 aromatic rings. The number of benzene rings is 1. The summed E-state index contributed by atoms with van der Waals surface area (Å²) in [6.07, 6.45) is 4.91. The number of nitro groups is 1. The number of nitrogens with one attached hydrogen (secondary N) is 1. The number of para-hydroxylation sites is 1. The van der Waals surface area contributed by atoms with Gasteiger partial charge in [0.1, 0.15) is 5.69 Å². The summed E-state index contributed by atoms with van der Waals surface area (Å²) in [5, 5.41) is 14.8. The first-order valence-electron chi connectivity index (χ1n) is 6.36. The number of rotatable bonds is 5. The summed E-state index contributed by atoms with van der Waals surface area (Å²) in [6.45, 7) is 0. The first-order valence-corrected chi connectivity index (χ1v) is 6.74. The van der Waals surface area contributed by atoms with Gasteiger partial charge in [-0.15, -0.1) is 0 Å². The lowest BCUT2D eigenvalue weighted by molar-refractivity contribution is -0.384. The molecule has 0 heterocycles. The minimum Gasteiger partial charge on any atom is -0.375 e. The largest absolute Gasteiger partial charge is 0.375 e. The molecule has 3 rings (SSSR count). The Bertz CT molecular complexity index is 472. The lowest BCUT2D eigenvalue weighted by atomic mass is 10.1. The molecule has 0 atom stereocenters. The lowest BCUT2D eigenvalue weighted by Gasteiger charge is -2.19. The fourth-order valence-corrected chi connectivity index (χ4v) is 2.73. The molecule has 0 aromatic heterocycles. The molecule has 0 unspecified atom stereocenters. The van der Waals surface area contributed by atoms with E-state index in [1.54, 1.807) is 12.1 Å². The van der Waals surface area contributed by atoms with Crippen molar-refractivity contribution in [2.24, 2.45) is 11.8 Å². The van der Waals surface area contributed by atoms with Crippen molar-refractivity contribution in [2.45, 2.75) is 31.7 Å². The molecule has 2 saturated carbocycles. The van der Waals surface area contributed by atoms with Crippen molar-refractivity contribution in [2.75, 3.05) is 5.32 Å². The van der Waals surface area contributed by atoms with E-state index in [1.807, 2.05) is 0 Å². The van der Waals surface area contributed by atoms with Gasteiger partial charge in [0.15, 0.2) is 0 Å². The summed E-state index contributed by atoms with van der Waals surface area (Å²) in [4.78, 5) is 10.7. The SMILES string of the molecule is O=[N+]([O-])c1cccc(Cl)c1NC(C1CC1)C1CC1. The molecule has 2 aliphatic carbocycles. The minimum absolute atomic E-state index is 0.0776. The number of halogens is 1. The van der Waals surface area contributed by atoms with Crippen molar-refractivity contribution in [1.29, 1.82) is 0 Å². The van der Waals surface area contributed by atoms with Crippen molar-refractivity contribution < 1.29 is 4.92 Å². The van der Waals surface area contributed by atoms with Gasteiger partial charge in [0.2, 0.25) is 0 Å². The zero-order chi connectivity index (χ0) is 12.7. The fraction of sp³-hybridized carbons (Fsp3) is 0.538. The second kappa shape index (κ2) is 4.43. The third kappa shape index (κ3) is 2.29. The van der Waals surface area contributed by atoms with Gasteiger partial charge >= 0.3 is 0 Å². The van der Waals surface area contributed by atoms with Crippen molar-refractivity contribution in [3.8, 4) is 0 Å². The Balaban J connectivity index is 1.88. The predicted octanol–water partition coefficient (Wildman–Crippen LogP) is 3.85. The van der Waals surface area contributed by atoms with Crippen LogP contribution in [0.5, 0.6) is 0 Å². The zero-order valence-electron chi connectivity index (χ0n) is 9.93. The summed E-state index contributed by atoms with van der Waals surface area (Å²) < 4.78 is 0. The monoisotopic (exact) mass is 266 g/mol. The third-order valence-electron chi connectivity index (χ3n) is 3.76. The molecule has 2 aliphatic rings. The van der Waals surface area contributed by atoms with E-state index in [0.29, 0.717) is 28.6 Å². The highest BCUT2D eigenvalue weighted by molar-refractivity contribution is 6.33. The lowest BCUT2D eigenvalue weighted by Crippen LogP contribution is -2.24. The van der Waals surface area contributed by atoms with E-state index >= 15 is 0 Å². The first-order chi connectivity index (χ1) is 8.66. The molecule has 2 fully saturated rings. The van der Waals surface area contributed by atoms with E-state index in [-0.39, 0.29) is 10.6 Å². The van der Waals surface area contributed by atoms with Gasteiger partial charge in [0, 0.05) is 12.1 Å². The van der Waals surface area contributed by atoms with Crippen molar-refractivity contribution in [1.82, 2.24) is 0 Å². The summed E-state index contributed by atoms with van der Waals surface area (Å²) in [5.41, 5.74) is 0.571. The predicted molar refractivity (Wildman–Crippen MR) is 71.0 cm³/mol. The topological polar surface area (TPSA) is 55.2 Å². The van der Waals surface area contributed by atoms with Crippen molar-refractivity contribution >= 4 is 23.0 Å². The molecule has 1 aromatic carbocycles. The van der Waals surface area contributed by atoms with Crippen LogP contribution < -0.4 is 5.32 Å². The first kappa shape index (κ1) is 11.8. The number of hydrogen-bond donors (Lipinski definition) is 1. The Morgan fingerprint density at radius 2 is 1.89 bits per heavy atom. The maximum Gasteiger partial charge on any atom is 0.293 e. The summed E-state index contributed by atoms with van der Waals surface area (Å²) >= 11 is 6.10. The quantitative estimate of drug-likeness (QED) is 0.651. The molecule has 18 heavy (non-hydrogen) atoms. The average Bonchev–Trinajstić information content (AvgIpc) is 3.19. The maximum atomic E-state index is 11.0. The molecule has 0 radical (unpaired) electrons. The van der Waals surface area contributed by atoms with Crippen LogP contribution in [0.4, 0.5) is 11.4 Å². The highest BCUT2D eigenvalue weighted by atomic mass is 35.5. The van der Waals surface area contributed by atoms with Crippen LogP contribution in [0.15, 0.2) is 18.2 Å². The van der Waals surface area contributed by atoms with Gasteiger partial charge in [-0.25, -0.2) is 0 Å². The summed E-state index contributed by atoms with van der Waals surface area (Å²) in [5.74, 6) is 1.35. The van der Waals surface area contributed by atoms with Crippen LogP contribution in [0.25, 0.3) is 0 Å². The van der Waals surface area contributed by atoms with Crippen LogP contribution in [-0.4, -0.2) is 11.0 Å². The van der Waals surface area contributed by atoms with Crippen molar-refractivity contribution in [3.63, 3.8) is 0 Å². The van der Waals surface area contributed by atoms with Gasteiger partial charge in [-0.2, -0.15) is 0 Å². The van der Waals surface area contributed by atoms with Crippen LogP contribution >= 0.6 is 11.6 Å². The van der Waals surface area contributed by atoms with E-state index in [1.165, 1.54) is 31.7 Å². The molecular formula is C13H15ClN2O2. The molecule has 0 amide bonds. The second-order valence-corrected chi connectivity index (χ2v) is 5.64. The van der Waals surface area contributed by atoms with Gasteiger partial charge in [0.25, 0.3) is 5.69 Å². The summed E-state index contributed by atoms with van der Waals surface area (Å²) in [6, 6.07) is 5.19. The normalized spacial score (nSPS) is 19.0. The van der Waals surface area contributed by atoms with Crippen LogP contribution in [-0.2, 0) is 0 Å². The molecule has 0 spiro atoms. The van der Waals surface area contributed by atoms with E-state index in [2.05, 4.69) is 5.32 Å². The Kier molecular flexibility index (Phi) is 2.90. The van der Waals surface area contributed by atoms with Crippen LogP contribution in [0.1, 0.15) is 25.7 Å². The molecule has 0 bridgehead atoms. The number of nitro benzene ring substituents is 1. The average molecular weight is 267 g/mol. The van der Waals surface area contributed by atoms with Gasteiger partial charge in [-0.1, -0.05) is 17.7 Å². The third-order valence-corrected chi connectivity index (χ3v) is 4.07. The highest BCUT2D eigenvalue weighted by Gasteiger charge is 2.42. The molecule has 4 nitrogen and oxygen atoms in total. The van der Waals surface area contributed by atoms with E-state index in [9.17, 15) is 10.1 Å². The second-order valence-electron chi connectivity index (χ2n) is 5.24. The molecule has 5 heteroatoms. The van der Waals surface area contributed by atoms with Gasteiger partial charge in [-0.05, 0) is 43.6 Å². The van der Waals surface area contributed by atoms with Crippen molar-refractivity contribution in [3.05, 3.63) is 33.3 Å². The number of anilines is 1. The van der Waals surface area contributed by atoms with Gasteiger partial charge < -0.3 is 5.32 Å². The molecule has 0 aliphatic heterocycles. The maximum absolute atomic E-state index is 11.0. The Labute approximate surface area is 110 Å². The molecule has 0 saturated heterocycles. The van der Waals surface area contributed by atoms with Crippen LogP contribution in [0.2, 0.25) is 5.02 Å². The van der Waals surface area contributed by atoms with E-state index < -0.39 is 0 Å². The molecular weight excluding hydrogens is 252 g/mol. The smallest absolute Gasteiger partial charge is 0.293 e. The van der Waals surface area contributed by atoms with Gasteiger partial charge in [-0.3, -0.25) is 10.1 Å². The Hall–Kier alpha value is -1.29. The van der Waals surface area contributed by atoms with Crippen LogP contribution in [0, 0.1) is 22.0 Å². The zero-order valence-corrected chi connectivity index (χ0v) is 10.7. The van der Waals surface area contributed by atoms with Crippen LogP contribution in [0.3, 0.4) is 0 Å². The Morgan fingerprint density at radius 3 is 2.39 bits per heavy atom. The fourth-order valence-electron chi connectivity index (χ4n) is 2.51. The Morgan fingerprint density at radius 1 is 1.28 bits per heavy atom. The standard InChI is InChI=1S/C13H15ClN2O2/c14-10-2-1-3-11(16(17)18)13(10)15-12(8-4-5-8)9-6-7-9/h1-3,8-9,12,15H,4-7H2. The number of hydrogen-bond acceptors (Lipinski definition) is 3. The number of nitrogens with zero attached hydrogens (tertiary/aromatic N) is 1. The molecule has 1 N–H and O–H groups in total. The molecule has 96 valence electrons. The highest BCUT2D eigenvalue weighted by Crippen LogP contribution is 2.47. The van der Waals surface area contributed by atoms with E-state index in [0.717, 1.165) is 0 Å². The summed E-state index contributed by atoms with van der Waals surface area (Å²) in [7, 11) is 0. The minimum atomic E-state index is -0.370. The van der Waals surface area contributed by atoms with E-state index in [4.69, 9.17) is 11.6 Å². The van der Waals surface area contributed by atoms with Gasteiger partial charge in [0.05, 0.1) is 9.95 Å².